The molecule has 108 valence electrons. The molecular weight excluding hydrogens is 230 g/mol. The standard InChI is InChI=1S/C14H29NO3/c1-8-18-12(16)14(6,15-9-11(2)3)10-13(4,5)17-7/h11,15H,8-10H2,1-7H3. The predicted octanol–water partition coefficient (Wildman–Crippen LogP) is 2.37. The van der Waals surface area contributed by atoms with Crippen molar-refractivity contribution >= 4 is 5.97 Å². The van der Waals surface area contributed by atoms with Crippen LogP contribution in [0, 0.1) is 5.92 Å². The number of rotatable bonds is 8. The lowest BCUT2D eigenvalue weighted by Crippen LogP contribution is -2.55. The van der Waals surface area contributed by atoms with Gasteiger partial charge in [-0.05, 0) is 40.2 Å². The van der Waals surface area contributed by atoms with Crippen LogP contribution in [0.3, 0.4) is 0 Å². The van der Waals surface area contributed by atoms with Crippen molar-refractivity contribution in [3.05, 3.63) is 0 Å². The first-order valence-electron chi connectivity index (χ1n) is 6.64. The molecule has 0 rings (SSSR count). The Morgan fingerprint density at radius 1 is 1.28 bits per heavy atom. The molecule has 0 saturated carbocycles. The first-order valence-corrected chi connectivity index (χ1v) is 6.64. The van der Waals surface area contributed by atoms with E-state index in [1.807, 2.05) is 27.7 Å². The van der Waals surface area contributed by atoms with Crippen molar-refractivity contribution in [1.82, 2.24) is 5.32 Å². The summed E-state index contributed by atoms with van der Waals surface area (Å²) in [5.41, 5.74) is -1.08. The van der Waals surface area contributed by atoms with E-state index in [1.54, 1.807) is 7.11 Å². The summed E-state index contributed by atoms with van der Waals surface area (Å²) in [7, 11) is 1.66. The van der Waals surface area contributed by atoms with Gasteiger partial charge >= 0.3 is 5.97 Å². The Labute approximate surface area is 111 Å². The summed E-state index contributed by atoms with van der Waals surface area (Å²) in [6, 6.07) is 0. The normalized spacial score (nSPS) is 15.6. The summed E-state index contributed by atoms with van der Waals surface area (Å²) in [6.07, 6.45) is 0.571. The Morgan fingerprint density at radius 2 is 1.83 bits per heavy atom. The van der Waals surface area contributed by atoms with Gasteiger partial charge in [0.2, 0.25) is 0 Å². The molecule has 1 unspecified atom stereocenters. The maximum Gasteiger partial charge on any atom is 0.326 e. The molecule has 0 amide bonds. The second-order valence-corrected chi connectivity index (χ2v) is 5.97. The minimum absolute atomic E-state index is 0.212. The second-order valence-electron chi connectivity index (χ2n) is 5.97. The Kier molecular flexibility index (Phi) is 6.86. The Hall–Kier alpha value is -0.610. The summed E-state index contributed by atoms with van der Waals surface area (Å²) in [6.45, 7) is 13.0. The average Bonchev–Trinajstić information content (AvgIpc) is 2.26. The van der Waals surface area contributed by atoms with Gasteiger partial charge in [-0.15, -0.1) is 0 Å². The zero-order valence-corrected chi connectivity index (χ0v) is 12.9. The number of ether oxygens (including phenoxy) is 2. The molecule has 0 aliphatic heterocycles. The number of hydrogen-bond donors (Lipinski definition) is 1. The van der Waals surface area contributed by atoms with Crippen molar-refractivity contribution in [1.29, 1.82) is 0 Å². The summed E-state index contributed by atoms with van der Waals surface area (Å²) >= 11 is 0. The van der Waals surface area contributed by atoms with Gasteiger partial charge in [0.25, 0.3) is 0 Å². The average molecular weight is 259 g/mol. The van der Waals surface area contributed by atoms with Crippen molar-refractivity contribution < 1.29 is 14.3 Å². The van der Waals surface area contributed by atoms with E-state index < -0.39 is 5.54 Å². The van der Waals surface area contributed by atoms with Crippen molar-refractivity contribution in [2.45, 2.75) is 59.1 Å². The van der Waals surface area contributed by atoms with Gasteiger partial charge in [-0.25, -0.2) is 0 Å². The highest BCUT2D eigenvalue weighted by atomic mass is 16.5. The number of carbonyl (C=O) groups is 1. The lowest BCUT2D eigenvalue weighted by Gasteiger charge is -2.36. The van der Waals surface area contributed by atoms with Gasteiger partial charge < -0.3 is 14.8 Å². The van der Waals surface area contributed by atoms with Crippen LogP contribution in [0.15, 0.2) is 0 Å². The molecule has 0 aromatic rings. The summed E-state index contributed by atoms with van der Waals surface area (Å²) in [5.74, 6) is 0.264. The molecule has 0 saturated heterocycles. The van der Waals surface area contributed by atoms with Crippen LogP contribution in [-0.2, 0) is 14.3 Å². The Bertz CT molecular complexity index is 264. The molecule has 4 nitrogen and oxygen atoms in total. The van der Waals surface area contributed by atoms with Gasteiger partial charge in [-0.3, -0.25) is 4.79 Å². The number of esters is 1. The van der Waals surface area contributed by atoms with Gasteiger partial charge in [0.1, 0.15) is 5.54 Å². The van der Waals surface area contributed by atoms with E-state index >= 15 is 0 Å². The maximum absolute atomic E-state index is 12.1. The van der Waals surface area contributed by atoms with E-state index in [2.05, 4.69) is 19.2 Å². The van der Waals surface area contributed by atoms with Crippen LogP contribution in [0.1, 0.15) is 48.0 Å². The summed E-state index contributed by atoms with van der Waals surface area (Å²) in [5, 5.41) is 3.32. The topological polar surface area (TPSA) is 47.6 Å². The SMILES string of the molecule is CCOC(=O)C(C)(CC(C)(C)OC)NCC(C)C. The highest BCUT2D eigenvalue weighted by Gasteiger charge is 2.39. The van der Waals surface area contributed by atoms with Gasteiger partial charge in [-0.2, -0.15) is 0 Å². The van der Waals surface area contributed by atoms with Crippen molar-refractivity contribution in [3.63, 3.8) is 0 Å². The van der Waals surface area contributed by atoms with E-state index in [0.29, 0.717) is 18.9 Å². The monoisotopic (exact) mass is 259 g/mol. The number of methoxy groups -OCH3 is 1. The number of carbonyl (C=O) groups excluding carboxylic acids is 1. The minimum Gasteiger partial charge on any atom is -0.465 e. The molecule has 0 spiro atoms. The van der Waals surface area contributed by atoms with Crippen LogP contribution in [-0.4, -0.2) is 37.4 Å². The Balaban J connectivity index is 4.84. The van der Waals surface area contributed by atoms with E-state index in [1.165, 1.54) is 0 Å². The predicted molar refractivity (Wildman–Crippen MR) is 73.6 cm³/mol. The van der Waals surface area contributed by atoms with E-state index in [9.17, 15) is 4.79 Å². The quantitative estimate of drug-likeness (QED) is 0.680. The highest BCUT2D eigenvalue weighted by molar-refractivity contribution is 5.80. The van der Waals surface area contributed by atoms with Crippen LogP contribution < -0.4 is 5.32 Å². The van der Waals surface area contributed by atoms with Crippen molar-refractivity contribution in [3.8, 4) is 0 Å². The lowest BCUT2D eigenvalue weighted by molar-refractivity contribution is -0.153. The van der Waals surface area contributed by atoms with Crippen LogP contribution in [0.4, 0.5) is 0 Å². The fraction of sp³-hybridized carbons (Fsp3) is 0.929. The molecule has 4 heteroatoms. The van der Waals surface area contributed by atoms with Gasteiger partial charge in [0, 0.05) is 13.5 Å². The smallest absolute Gasteiger partial charge is 0.326 e. The summed E-state index contributed by atoms with van der Waals surface area (Å²) < 4.78 is 10.6. The van der Waals surface area contributed by atoms with Crippen LogP contribution in [0.5, 0.6) is 0 Å². The van der Waals surface area contributed by atoms with Gasteiger partial charge in [0.05, 0.1) is 12.2 Å². The van der Waals surface area contributed by atoms with Crippen LogP contribution in [0.25, 0.3) is 0 Å². The zero-order chi connectivity index (χ0) is 14.4. The lowest BCUT2D eigenvalue weighted by atomic mass is 9.87. The highest BCUT2D eigenvalue weighted by Crippen LogP contribution is 2.24. The molecular formula is C14H29NO3. The van der Waals surface area contributed by atoms with Crippen molar-refractivity contribution in [2.24, 2.45) is 5.92 Å². The third kappa shape index (κ3) is 5.83. The first-order chi connectivity index (χ1) is 8.17. The van der Waals surface area contributed by atoms with Gasteiger partial charge in [0.15, 0.2) is 0 Å². The third-order valence-corrected chi connectivity index (χ3v) is 2.96. The zero-order valence-electron chi connectivity index (χ0n) is 12.9. The number of hydrogen-bond acceptors (Lipinski definition) is 4. The summed E-state index contributed by atoms with van der Waals surface area (Å²) in [4.78, 5) is 12.1. The molecule has 0 bridgehead atoms. The molecule has 0 radical (unpaired) electrons. The van der Waals surface area contributed by atoms with Crippen LogP contribution >= 0.6 is 0 Å². The fourth-order valence-electron chi connectivity index (χ4n) is 1.85. The molecule has 0 aromatic carbocycles. The molecule has 1 atom stereocenters. The molecule has 0 aliphatic rings. The number of nitrogens with one attached hydrogen (secondary N) is 1. The molecule has 0 heterocycles. The Morgan fingerprint density at radius 3 is 2.22 bits per heavy atom. The molecule has 1 N–H and O–H groups in total. The minimum atomic E-state index is -0.709. The fourth-order valence-corrected chi connectivity index (χ4v) is 1.85. The molecule has 0 aromatic heterocycles. The largest absolute Gasteiger partial charge is 0.465 e. The van der Waals surface area contributed by atoms with E-state index in [0.717, 1.165) is 6.54 Å². The molecule has 0 fully saturated rings. The van der Waals surface area contributed by atoms with E-state index in [-0.39, 0.29) is 11.6 Å². The first kappa shape index (κ1) is 17.4. The molecule has 0 aliphatic carbocycles. The maximum atomic E-state index is 12.1. The van der Waals surface area contributed by atoms with Crippen LogP contribution in [0.2, 0.25) is 0 Å². The second kappa shape index (κ2) is 7.10. The van der Waals surface area contributed by atoms with Gasteiger partial charge in [-0.1, -0.05) is 13.8 Å². The molecule has 18 heavy (non-hydrogen) atoms. The van der Waals surface area contributed by atoms with E-state index in [4.69, 9.17) is 9.47 Å². The third-order valence-electron chi connectivity index (χ3n) is 2.96. The van der Waals surface area contributed by atoms with Crippen molar-refractivity contribution in [2.75, 3.05) is 20.3 Å².